The Morgan fingerprint density at radius 2 is 1.64 bits per heavy atom. The van der Waals surface area contributed by atoms with E-state index in [4.69, 9.17) is 9.78 Å². The largest absolute Gasteiger partial charge is 0.334 e. The van der Waals surface area contributed by atoms with Crippen molar-refractivity contribution < 1.29 is 9.32 Å². The summed E-state index contributed by atoms with van der Waals surface area (Å²) in [6.45, 7) is 0. The maximum Gasteiger partial charge on any atom is 0.259 e. The molecule has 0 radical (unpaired) electrons. The lowest BCUT2D eigenvalue weighted by molar-refractivity contribution is 0.102. The molecule has 0 atom stereocenters. The van der Waals surface area contributed by atoms with Crippen molar-refractivity contribution in [3.8, 4) is 28.9 Å². The molecule has 4 aromatic rings. The van der Waals surface area contributed by atoms with Crippen molar-refractivity contribution in [1.29, 1.82) is 5.26 Å². The SMILES string of the molecule is N#Cc1ccc(NC(=O)c2ccccc2-c2nc(-c3ccccc3)no2)cc1. The molecule has 3 aromatic carbocycles. The topological polar surface area (TPSA) is 91.8 Å². The van der Waals surface area contributed by atoms with Gasteiger partial charge in [-0.2, -0.15) is 10.2 Å². The van der Waals surface area contributed by atoms with Gasteiger partial charge in [0.1, 0.15) is 0 Å². The minimum Gasteiger partial charge on any atom is -0.334 e. The van der Waals surface area contributed by atoms with Gasteiger partial charge in [0.05, 0.1) is 22.8 Å². The van der Waals surface area contributed by atoms with E-state index in [0.29, 0.717) is 28.2 Å². The molecule has 1 N–H and O–H groups in total. The molecule has 6 heteroatoms. The Kier molecular flexibility index (Phi) is 4.64. The molecule has 1 heterocycles. The third-order valence-corrected chi connectivity index (χ3v) is 4.13. The van der Waals surface area contributed by atoms with Gasteiger partial charge in [0, 0.05) is 11.3 Å². The molecule has 0 saturated carbocycles. The summed E-state index contributed by atoms with van der Waals surface area (Å²) < 4.78 is 5.40. The van der Waals surface area contributed by atoms with Crippen molar-refractivity contribution in [1.82, 2.24) is 10.1 Å². The molecule has 0 saturated heterocycles. The maximum atomic E-state index is 12.8. The molecule has 0 aliphatic rings. The van der Waals surface area contributed by atoms with Gasteiger partial charge in [0.2, 0.25) is 5.82 Å². The molecule has 1 amide bonds. The molecule has 0 aliphatic heterocycles. The van der Waals surface area contributed by atoms with Crippen molar-refractivity contribution in [3.63, 3.8) is 0 Å². The number of benzene rings is 3. The van der Waals surface area contributed by atoms with E-state index in [-0.39, 0.29) is 11.8 Å². The Morgan fingerprint density at radius 1 is 0.929 bits per heavy atom. The number of carbonyl (C=O) groups is 1. The molecule has 134 valence electrons. The number of hydrogen-bond donors (Lipinski definition) is 1. The van der Waals surface area contributed by atoms with Crippen LogP contribution in [0, 0.1) is 11.3 Å². The molecular formula is C22H14N4O2. The van der Waals surface area contributed by atoms with E-state index in [9.17, 15) is 4.79 Å². The van der Waals surface area contributed by atoms with Crippen LogP contribution in [-0.2, 0) is 0 Å². The van der Waals surface area contributed by atoms with Crippen LogP contribution in [0.4, 0.5) is 5.69 Å². The van der Waals surface area contributed by atoms with E-state index < -0.39 is 0 Å². The summed E-state index contributed by atoms with van der Waals surface area (Å²) >= 11 is 0. The molecule has 0 bridgehead atoms. The van der Waals surface area contributed by atoms with Gasteiger partial charge in [-0.05, 0) is 36.4 Å². The van der Waals surface area contributed by atoms with Crippen LogP contribution in [-0.4, -0.2) is 16.0 Å². The van der Waals surface area contributed by atoms with Crippen molar-refractivity contribution in [2.24, 2.45) is 0 Å². The predicted octanol–water partition coefficient (Wildman–Crippen LogP) is 4.53. The lowest BCUT2D eigenvalue weighted by Crippen LogP contribution is -2.13. The van der Waals surface area contributed by atoms with E-state index >= 15 is 0 Å². The quantitative estimate of drug-likeness (QED) is 0.573. The first-order chi connectivity index (χ1) is 13.7. The summed E-state index contributed by atoms with van der Waals surface area (Å²) in [5.74, 6) is 0.419. The first-order valence-corrected chi connectivity index (χ1v) is 8.54. The van der Waals surface area contributed by atoms with E-state index in [1.165, 1.54) is 0 Å². The van der Waals surface area contributed by atoms with Gasteiger partial charge in [0.15, 0.2) is 0 Å². The fourth-order valence-electron chi connectivity index (χ4n) is 2.73. The average Bonchev–Trinajstić information content (AvgIpc) is 3.25. The zero-order chi connectivity index (χ0) is 19.3. The Labute approximate surface area is 161 Å². The lowest BCUT2D eigenvalue weighted by Gasteiger charge is -2.08. The smallest absolute Gasteiger partial charge is 0.259 e. The first-order valence-electron chi connectivity index (χ1n) is 8.54. The molecule has 6 nitrogen and oxygen atoms in total. The highest BCUT2D eigenvalue weighted by Crippen LogP contribution is 2.26. The first kappa shape index (κ1) is 17.2. The second kappa shape index (κ2) is 7.56. The van der Waals surface area contributed by atoms with Crippen LogP contribution in [0.5, 0.6) is 0 Å². The van der Waals surface area contributed by atoms with Gasteiger partial charge in [-0.15, -0.1) is 0 Å². The Balaban J connectivity index is 1.63. The van der Waals surface area contributed by atoms with Crippen molar-refractivity contribution in [2.75, 3.05) is 5.32 Å². The number of rotatable bonds is 4. The average molecular weight is 366 g/mol. The minimum atomic E-state index is -0.306. The van der Waals surface area contributed by atoms with E-state index in [0.717, 1.165) is 5.56 Å². The number of nitriles is 1. The number of carbonyl (C=O) groups excluding carboxylic acids is 1. The molecule has 0 aliphatic carbocycles. The number of anilines is 1. The Bertz CT molecular complexity index is 1160. The fourth-order valence-corrected chi connectivity index (χ4v) is 2.73. The van der Waals surface area contributed by atoms with Crippen LogP contribution >= 0.6 is 0 Å². The number of hydrogen-bond acceptors (Lipinski definition) is 5. The lowest BCUT2D eigenvalue weighted by atomic mass is 10.1. The monoisotopic (exact) mass is 366 g/mol. The van der Waals surface area contributed by atoms with E-state index in [1.54, 1.807) is 48.5 Å². The normalized spacial score (nSPS) is 10.2. The molecule has 28 heavy (non-hydrogen) atoms. The third-order valence-electron chi connectivity index (χ3n) is 4.13. The number of nitrogens with one attached hydrogen (secondary N) is 1. The van der Waals surface area contributed by atoms with Gasteiger partial charge < -0.3 is 9.84 Å². The summed E-state index contributed by atoms with van der Waals surface area (Å²) in [6, 6.07) is 25.2. The highest BCUT2D eigenvalue weighted by molar-refractivity contribution is 6.08. The number of nitrogens with zero attached hydrogens (tertiary/aromatic N) is 3. The second-order valence-corrected chi connectivity index (χ2v) is 5.98. The highest BCUT2D eigenvalue weighted by atomic mass is 16.5. The second-order valence-electron chi connectivity index (χ2n) is 5.98. The summed E-state index contributed by atoms with van der Waals surface area (Å²) in [7, 11) is 0. The molecule has 0 unspecified atom stereocenters. The van der Waals surface area contributed by atoms with Gasteiger partial charge in [-0.25, -0.2) is 0 Å². The summed E-state index contributed by atoms with van der Waals surface area (Å²) in [4.78, 5) is 17.2. The summed E-state index contributed by atoms with van der Waals surface area (Å²) in [6.07, 6.45) is 0. The number of amides is 1. The third kappa shape index (κ3) is 3.50. The fraction of sp³-hybridized carbons (Fsp3) is 0. The van der Waals surface area contributed by atoms with Crippen LogP contribution in [0.1, 0.15) is 15.9 Å². The minimum absolute atomic E-state index is 0.268. The van der Waals surface area contributed by atoms with Crippen molar-refractivity contribution in [2.45, 2.75) is 0 Å². The van der Waals surface area contributed by atoms with E-state index in [1.807, 2.05) is 36.4 Å². The molecule has 0 spiro atoms. The molecule has 1 aromatic heterocycles. The molecule has 0 fully saturated rings. The van der Waals surface area contributed by atoms with Crippen LogP contribution in [0.3, 0.4) is 0 Å². The van der Waals surface area contributed by atoms with Gasteiger partial charge in [0.25, 0.3) is 11.8 Å². The number of aromatic nitrogens is 2. The van der Waals surface area contributed by atoms with Gasteiger partial charge in [-0.1, -0.05) is 47.6 Å². The van der Waals surface area contributed by atoms with Crippen molar-refractivity contribution >= 4 is 11.6 Å². The summed E-state index contributed by atoms with van der Waals surface area (Å²) in [5.41, 5.74) is 2.91. The molecular weight excluding hydrogens is 352 g/mol. The maximum absolute atomic E-state index is 12.8. The van der Waals surface area contributed by atoms with Crippen LogP contribution in [0.2, 0.25) is 0 Å². The van der Waals surface area contributed by atoms with Crippen LogP contribution in [0.15, 0.2) is 83.4 Å². The zero-order valence-corrected chi connectivity index (χ0v) is 14.7. The summed E-state index contributed by atoms with van der Waals surface area (Å²) in [5, 5.41) is 15.7. The van der Waals surface area contributed by atoms with Crippen LogP contribution in [0.25, 0.3) is 22.8 Å². The Morgan fingerprint density at radius 3 is 2.39 bits per heavy atom. The van der Waals surface area contributed by atoms with Gasteiger partial charge in [-0.3, -0.25) is 4.79 Å². The standard InChI is InChI=1S/C22H14N4O2/c23-14-15-10-12-17(13-11-15)24-21(27)18-8-4-5-9-19(18)22-25-20(26-28-22)16-6-2-1-3-7-16/h1-13H,(H,24,27). The van der Waals surface area contributed by atoms with E-state index in [2.05, 4.69) is 15.5 Å². The zero-order valence-electron chi connectivity index (χ0n) is 14.7. The molecule has 4 rings (SSSR count). The van der Waals surface area contributed by atoms with Crippen molar-refractivity contribution in [3.05, 3.63) is 90.0 Å². The van der Waals surface area contributed by atoms with Crippen LogP contribution < -0.4 is 5.32 Å². The highest BCUT2D eigenvalue weighted by Gasteiger charge is 2.18. The van der Waals surface area contributed by atoms with Gasteiger partial charge >= 0.3 is 0 Å². The predicted molar refractivity (Wildman–Crippen MR) is 104 cm³/mol. The Hall–Kier alpha value is -4.24.